The van der Waals surface area contributed by atoms with Crippen molar-refractivity contribution in [3.8, 4) is 0 Å². The summed E-state index contributed by atoms with van der Waals surface area (Å²) < 4.78 is 4.80. The van der Waals surface area contributed by atoms with Gasteiger partial charge in [0.2, 0.25) is 11.9 Å². The summed E-state index contributed by atoms with van der Waals surface area (Å²) in [6, 6.07) is 1.65. The van der Waals surface area contributed by atoms with Crippen LogP contribution in [0, 0.1) is 18.8 Å². The number of hydrogen-bond acceptors (Lipinski definition) is 7. The monoisotopic (exact) mass is 374 g/mol. The average molecular weight is 374 g/mol. The average Bonchev–Trinajstić information content (AvgIpc) is 2.67. The van der Waals surface area contributed by atoms with Crippen LogP contribution in [0.5, 0.6) is 0 Å². The van der Waals surface area contributed by atoms with Gasteiger partial charge in [0.15, 0.2) is 5.69 Å². The topological polar surface area (TPSA) is 95.9 Å². The van der Waals surface area contributed by atoms with Crippen molar-refractivity contribution in [3.63, 3.8) is 0 Å². The van der Waals surface area contributed by atoms with Crippen LogP contribution in [0.1, 0.15) is 41.9 Å². The molecule has 1 aromatic heterocycles. The first-order chi connectivity index (χ1) is 13.0. The van der Waals surface area contributed by atoms with E-state index in [9.17, 15) is 14.7 Å². The predicted molar refractivity (Wildman–Crippen MR) is 97.3 cm³/mol. The minimum absolute atomic E-state index is 0.0183. The van der Waals surface area contributed by atoms with Crippen molar-refractivity contribution in [1.29, 1.82) is 0 Å². The summed E-state index contributed by atoms with van der Waals surface area (Å²) in [6.45, 7) is 3.24. The molecule has 146 valence electrons. The molecule has 3 aliphatic rings. The second-order valence-corrected chi connectivity index (χ2v) is 7.86. The first kappa shape index (κ1) is 18.2. The molecule has 0 saturated carbocycles. The lowest BCUT2D eigenvalue weighted by Gasteiger charge is -2.56. The first-order valence-corrected chi connectivity index (χ1v) is 9.62. The Hall–Kier alpha value is -2.22. The van der Waals surface area contributed by atoms with Gasteiger partial charge in [0, 0.05) is 31.2 Å². The van der Waals surface area contributed by atoms with Crippen LogP contribution in [0.3, 0.4) is 0 Å². The van der Waals surface area contributed by atoms with E-state index in [1.807, 2.05) is 11.8 Å². The number of fused-ring (bicyclic) bond motifs is 4. The van der Waals surface area contributed by atoms with Gasteiger partial charge in [-0.05, 0) is 44.1 Å². The zero-order chi connectivity index (χ0) is 19.1. The van der Waals surface area contributed by atoms with Gasteiger partial charge >= 0.3 is 5.97 Å². The minimum atomic E-state index is -0.476. The normalized spacial score (nSPS) is 30.1. The quantitative estimate of drug-likeness (QED) is 0.781. The molecule has 2 bridgehead atoms. The van der Waals surface area contributed by atoms with E-state index >= 15 is 0 Å². The smallest absolute Gasteiger partial charge is 0.356 e. The van der Waals surface area contributed by atoms with Gasteiger partial charge in [0.25, 0.3) is 0 Å². The highest BCUT2D eigenvalue weighted by atomic mass is 16.5. The third-order valence-corrected chi connectivity index (χ3v) is 6.20. The van der Waals surface area contributed by atoms with Crippen LogP contribution in [0.15, 0.2) is 6.07 Å². The summed E-state index contributed by atoms with van der Waals surface area (Å²) in [7, 11) is 1.34. The highest BCUT2D eigenvalue weighted by molar-refractivity contribution is 5.87. The molecule has 1 N–H and O–H groups in total. The Morgan fingerprint density at radius 1 is 1.33 bits per heavy atom. The van der Waals surface area contributed by atoms with Gasteiger partial charge in [-0.2, -0.15) is 0 Å². The Kier molecular flexibility index (Phi) is 4.75. The first-order valence-electron chi connectivity index (χ1n) is 9.62. The molecule has 4 heterocycles. The van der Waals surface area contributed by atoms with E-state index < -0.39 is 5.97 Å². The summed E-state index contributed by atoms with van der Waals surface area (Å²) in [4.78, 5) is 37.4. The Bertz CT molecular complexity index is 741. The van der Waals surface area contributed by atoms with Crippen LogP contribution in [-0.4, -0.2) is 70.7 Å². The molecule has 0 unspecified atom stereocenters. The van der Waals surface area contributed by atoms with Crippen molar-refractivity contribution < 1.29 is 19.4 Å². The third-order valence-electron chi connectivity index (χ3n) is 6.20. The summed E-state index contributed by atoms with van der Waals surface area (Å²) >= 11 is 0. The lowest BCUT2D eigenvalue weighted by molar-refractivity contribution is -0.150. The Balaban J connectivity index is 1.64. The number of aromatic nitrogens is 2. The number of piperidine rings is 3. The number of carbonyl (C=O) groups is 2. The number of esters is 1. The SMILES string of the molecule is COC(=O)c1cc(C)nc(N2C[C@H]3C[C@@H](C2)[C@H](CO)N2C(=O)CCC[C@@H]32)n1. The number of hydrogen-bond donors (Lipinski definition) is 1. The third kappa shape index (κ3) is 3.16. The molecule has 0 spiro atoms. The van der Waals surface area contributed by atoms with Gasteiger partial charge in [-0.1, -0.05) is 0 Å². The number of aliphatic hydroxyl groups excluding tert-OH is 1. The molecule has 1 aromatic rings. The van der Waals surface area contributed by atoms with Gasteiger partial charge in [-0.15, -0.1) is 0 Å². The van der Waals surface area contributed by atoms with E-state index in [1.54, 1.807) is 6.07 Å². The summed E-state index contributed by atoms with van der Waals surface area (Å²) in [5.41, 5.74) is 0.966. The molecule has 4 atom stereocenters. The summed E-state index contributed by atoms with van der Waals surface area (Å²) in [5.74, 6) is 0.737. The van der Waals surface area contributed by atoms with Crippen LogP contribution in [0.25, 0.3) is 0 Å². The van der Waals surface area contributed by atoms with Gasteiger partial charge in [-0.3, -0.25) is 4.79 Å². The van der Waals surface area contributed by atoms with Crippen LogP contribution >= 0.6 is 0 Å². The fraction of sp³-hybridized carbons (Fsp3) is 0.684. The molecular weight excluding hydrogens is 348 g/mol. The largest absolute Gasteiger partial charge is 0.464 e. The molecule has 4 rings (SSSR count). The molecule has 8 heteroatoms. The van der Waals surface area contributed by atoms with E-state index in [0.717, 1.165) is 25.8 Å². The maximum Gasteiger partial charge on any atom is 0.356 e. The molecule has 0 aliphatic carbocycles. The van der Waals surface area contributed by atoms with Crippen molar-refractivity contribution in [2.24, 2.45) is 11.8 Å². The van der Waals surface area contributed by atoms with Crippen molar-refractivity contribution in [2.75, 3.05) is 31.7 Å². The maximum atomic E-state index is 12.5. The molecule has 8 nitrogen and oxygen atoms in total. The van der Waals surface area contributed by atoms with Crippen molar-refractivity contribution >= 4 is 17.8 Å². The van der Waals surface area contributed by atoms with E-state index in [-0.39, 0.29) is 36.2 Å². The number of ether oxygens (including phenoxy) is 1. The zero-order valence-corrected chi connectivity index (χ0v) is 15.8. The number of rotatable bonds is 3. The van der Waals surface area contributed by atoms with Gasteiger partial charge in [0.1, 0.15) is 0 Å². The lowest BCUT2D eigenvalue weighted by atomic mass is 9.72. The molecule has 3 fully saturated rings. The Morgan fingerprint density at radius 3 is 2.85 bits per heavy atom. The molecule has 0 aromatic carbocycles. The van der Waals surface area contributed by atoms with Crippen LogP contribution in [0.4, 0.5) is 5.95 Å². The fourth-order valence-electron chi connectivity index (χ4n) is 5.08. The van der Waals surface area contributed by atoms with Crippen LogP contribution in [-0.2, 0) is 9.53 Å². The molecule has 27 heavy (non-hydrogen) atoms. The van der Waals surface area contributed by atoms with Crippen molar-refractivity contribution in [1.82, 2.24) is 14.9 Å². The summed E-state index contributed by atoms with van der Waals surface area (Å²) in [5, 5.41) is 10.0. The van der Waals surface area contributed by atoms with E-state index in [1.165, 1.54) is 7.11 Å². The predicted octanol–water partition coefficient (Wildman–Crippen LogP) is 0.770. The van der Waals surface area contributed by atoms with Gasteiger partial charge in [-0.25, -0.2) is 14.8 Å². The molecular formula is C19H26N4O4. The van der Waals surface area contributed by atoms with Crippen molar-refractivity contribution in [3.05, 3.63) is 17.5 Å². The number of aliphatic hydroxyl groups is 1. The molecule has 0 radical (unpaired) electrons. The van der Waals surface area contributed by atoms with Crippen LogP contribution < -0.4 is 4.90 Å². The van der Waals surface area contributed by atoms with Crippen LogP contribution in [0.2, 0.25) is 0 Å². The Labute approximate surface area is 158 Å². The van der Waals surface area contributed by atoms with Gasteiger partial charge in [0.05, 0.1) is 19.8 Å². The maximum absolute atomic E-state index is 12.5. The van der Waals surface area contributed by atoms with E-state index in [2.05, 4.69) is 14.9 Å². The number of nitrogens with zero attached hydrogens (tertiary/aromatic N) is 4. The van der Waals surface area contributed by atoms with E-state index in [0.29, 0.717) is 30.5 Å². The zero-order valence-electron chi connectivity index (χ0n) is 15.8. The second-order valence-electron chi connectivity index (χ2n) is 7.86. The number of amides is 1. The molecule has 1 amide bonds. The fourth-order valence-corrected chi connectivity index (χ4v) is 5.08. The van der Waals surface area contributed by atoms with E-state index in [4.69, 9.17) is 4.74 Å². The highest BCUT2D eigenvalue weighted by Gasteiger charge is 2.49. The molecule has 3 saturated heterocycles. The van der Waals surface area contributed by atoms with Crippen molar-refractivity contribution in [2.45, 2.75) is 44.7 Å². The standard InChI is InChI=1S/C19H26N4O4/c1-11-6-14(18(26)27-2)21-19(20-11)22-8-12-7-13(9-22)16(10-24)23-15(12)4-3-5-17(23)25/h6,12-13,15-16,24H,3-5,7-10H2,1-2H3/t12-,13+,15+,16+/m1/s1. The Morgan fingerprint density at radius 2 is 2.11 bits per heavy atom. The summed E-state index contributed by atoms with van der Waals surface area (Å²) in [6.07, 6.45) is 3.48. The number of methoxy groups -OCH3 is 1. The number of aryl methyl sites for hydroxylation is 1. The highest BCUT2D eigenvalue weighted by Crippen LogP contribution is 2.42. The number of anilines is 1. The second kappa shape index (κ2) is 7.07. The molecule has 3 aliphatic heterocycles. The minimum Gasteiger partial charge on any atom is -0.464 e. The number of carbonyl (C=O) groups excluding carboxylic acids is 2. The van der Waals surface area contributed by atoms with Gasteiger partial charge < -0.3 is 19.6 Å². The lowest BCUT2D eigenvalue weighted by Crippen LogP contribution is -2.66.